The highest BCUT2D eigenvalue weighted by molar-refractivity contribution is 4.94. The molecule has 0 atom stereocenters. The molecule has 1 aromatic rings. The van der Waals surface area contributed by atoms with E-state index >= 15 is 0 Å². The van der Waals surface area contributed by atoms with Crippen LogP contribution in [0.4, 0.5) is 0 Å². The van der Waals surface area contributed by atoms with Gasteiger partial charge in [-0.2, -0.15) is 0 Å². The molecule has 0 amide bonds. The number of hydrogen-bond acceptors (Lipinski definition) is 2. The second-order valence-electron chi connectivity index (χ2n) is 3.28. The number of imidazole rings is 1. The fraction of sp³-hybridized carbons (Fsp3) is 0.625. The third kappa shape index (κ3) is 1.58. The van der Waals surface area contributed by atoms with E-state index in [1.165, 1.54) is 19.3 Å². The molecule has 66 valence electrons. The van der Waals surface area contributed by atoms with Crippen molar-refractivity contribution >= 4 is 0 Å². The van der Waals surface area contributed by atoms with Gasteiger partial charge < -0.3 is 15.3 Å². The summed E-state index contributed by atoms with van der Waals surface area (Å²) < 4.78 is 0. The molecule has 0 unspecified atom stereocenters. The Hall–Kier alpha value is -1.03. The molecule has 1 heterocycles. The van der Waals surface area contributed by atoms with E-state index in [9.17, 15) is 4.79 Å². The molecule has 4 heteroatoms. The zero-order chi connectivity index (χ0) is 8.39. The lowest BCUT2D eigenvalue weighted by molar-refractivity contribution is 0.337. The number of rotatable bonds is 3. The quantitative estimate of drug-likeness (QED) is 0.608. The Balaban J connectivity index is 1.82. The van der Waals surface area contributed by atoms with Crippen LogP contribution in [0.15, 0.2) is 11.0 Å². The second kappa shape index (κ2) is 3.15. The van der Waals surface area contributed by atoms with Crippen LogP contribution < -0.4 is 11.0 Å². The molecule has 2 rings (SSSR count). The van der Waals surface area contributed by atoms with Crippen LogP contribution in [-0.4, -0.2) is 16.0 Å². The second-order valence-corrected chi connectivity index (χ2v) is 3.28. The summed E-state index contributed by atoms with van der Waals surface area (Å²) in [6, 6.07) is 0.670. The van der Waals surface area contributed by atoms with Crippen molar-refractivity contribution in [2.75, 3.05) is 0 Å². The van der Waals surface area contributed by atoms with E-state index in [-0.39, 0.29) is 5.69 Å². The Kier molecular flexibility index (Phi) is 1.99. The first-order chi connectivity index (χ1) is 5.84. The monoisotopic (exact) mass is 167 g/mol. The molecule has 0 bridgehead atoms. The minimum atomic E-state index is -0.125. The smallest absolute Gasteiger partial charge is 0.313 e. The molecule has 4 nitrogen and oxygen atoms in total. The van der Waals surface area contributed by atoms with Crippen LogP contribution in [0.5, 0.6) is 0 Å². The molecular weight excluding hydrogens is 154 g/mol. The Bertz CT molecular complexity index is 297. The van der Waals surface area contributed by atoms with Crippen molar-refractivity contribution in [1.82, 2.24) is 15.3 Å². The van der Waals surface area contributed by atoms with E-state index < -0.39 is 0 Å². The standard InChI is InChI=1S/C8H13N3O/c12-8-10-5-7(11-8)4-9-6-2-1-3-6/h5-6,9H,1-4H2,(H2,10,11,12). The highest BCUT2D eigenvalue weighted by Crippen LogP contribution is 2.17. The van der Waals surface area contributed by atoms with Crippen LogP contribution in [0.2, 0.25) is 0 Å². The molecule has 0 radical (unpaired) electrons. The molecule has 12 heavy (non-hydrogen) atoms. The molecule has 1 fully saturated rings. The van der Waals surface area contributed by atoms with Crippen LogP contribution >= 0.6 is 0 Å². The predicted molar refractivity (Wildman–Crippen MR) is 45.9 cm³/mol. The lowest BCUT2D eigenvalue weighted by Crippen LogP contribution is -2.34. The Labute approximate surface area is 70.4 Å². The van der Waals surface area contributed by atoms with E-state index in [0.29, 0.717) is 6.04 Å². The summed E-state index contributed by atoms with van der Waals surface area (Å²) >= 11 is 0. The van der Waals surface area contributed by atoms with Gasteiger partial charge in [-0.3, -0.25) is 0 Å². The lowest BCUT2D eigenvalue weighted by atomic mass is 9.93. The van der Waals surface area contributed by atoms with Gasteiger partial charge in [0.15, 0.2) is 0 Å². The first kappa shape index (κ1) is 7.61. The summed E-state index contributed by atoms with van der Waals surface area (Å²) in [7, 11) is 0. The first-order valence-corrected chi connectivity index (χ1v) is 4.34. The normalized spacial score (nSPS) is 17.7. The molecular formula is C8H13N3O. The summed E-state index contributed by atoms with van der Waals surface area (Å²) in [5, 5.41) is 3.36. The van der Waals surface area contributed by atoms with Crippen molar-refractivity contribution in [2.24, 2.45) is 0 Å². The van der Waals surface area contributed by atoms with Crippen LogP contribution in [0.3, 0.4) is 0 Å². The maximum atomic E-state index is 10.7. The fourth-order valence-corrected chi connectivity index (χ4v) is 1.33. The van der Waals surface area contributed by atoms with Gasteiger partial charge in [-0.1, -0.05) is 6.42 Å². The molecule has 0 saturated heterocycles. The minimum absolute atomic E-state index is 0.125. The largest absolute Gasteiger partial charge is 0.323 e. The van der Waals surface area contributed by atoms with E-state index in [4.69, 9.17) is 0 Å². The zero-order valence-corrected chi connectivity index (χ0v) is 6.89. The van der Waals surface area contributed by atoms with Crippen molar-refractivity contribution < 1.29 is 0 Å². The number of hydrogen-bond donors (Lipinski definition) is 3. The molecule has 0 aromatic carbocycles. The Morgan fingerprint density at radius 1 is 1.58 bits per heavy atom. The van der Waals surface area contributed by atoms with E-state index in [2.05, 4.69) is 15.3 Å². The summed E-state index contributed by atoms with van der Waals surface area (Å²) in [6.45, 7) is 0.767. The van der Waals surface area contributed by atoms with Gasteiger partial charge in [-0.05, 0) is 12.8 Å². The van der Waals surface area contributed by atoms with E-state index in [0.717, 1.165) is 12.2 Å². The summed E-state index contributed by atoms with van der Waals surface area (Å²) in [4.78, 5) is 16.0. The van der Waals surface area contributed by atoms with Crippen molar-refractivity contribution in [3.63, 3.8) is 0 Å². The van der Waals surface area contributed by atoms with Crippen LogP contribution in [-0.2, 0) is 6.54 Å². The molecule has 0 spiro atoms. The van der Waals surface area contributed by atoms with Crippen molar-refractivity contribution in [3.05, 3.63) is 22.4 Å². The SMILES string of the molecule is O=c1[nH]cc(CNC2CCC2)[nH]1. The average Bonchev–Trinajstić information content (AvgIpc) is 2.32. The summed E-state index contributed by atoms with van der Waals surface area (Å²) in [5.41, 5.74) is 0.812. The molecule has 3 N–H and O–H groups in total. The summed E-state index contributed by atoms with van der Waals surface area (Å²) in [6.07, 6.45) is 5.60. The number of aromatic nitrogens is 2. The van der Waals surface area contributed by atoms with E-state index in [1.54, 1.807) is 6.20 Å². The number of aromatic amines is 2. The van der Waals surface area contributed by atoms with Gasteiger partial charge in [0.05, 0.1) is 0 Å². The molecule has 1 aliphatic rings. The van der Waals surface area contributed by atoms with Crippen molar-refractivity contribution in [3.8, 4) is 0 Å². The Morgan fingerprint density at radius 3 is 2.92 bits per heavy atom. The van der Waals surface area contributed by atoms with Gasteiger partial charge in [0.1, 0.15) is 0 Å². The van der Waals surface area contributed by atoms with Crippen LogP contribution in [0, 0.1) is 0 Å². The van der Waals surface area contributed by atoms with Gasteiger partial charge >= 0.3 is 5.69 Å². The highest BCUT2D eigenvalue weighted by atomic mass is 16.1. The summed E-state index contributed by atoms with van der Waals surface area (Å²) in [5.74, 6) is 0. The third-order valence-electron chi connectivity index (χ3n) is 2.34. The third-order valence-corrected chi connectivity index (χ3v) is 2.34. The highest BCUT2D eigenvalue weighted by Gasteiger charge is 2.16. The zero-order valence-electron chi connectivity index (χ0n) is 6.89. The van der Waals surface area contributed by atoms with Gasteiger partial charge in [0.25, 0.3) is 0 Å². The van der Waals surface area contributed by atoms with Crippen molar-refractivity contribution in [2.45, 2.75) is 31.8 Å². The Morgan fingerprint density at radius 2 is 2.42 bits per heavy atom. The number of H-pyrrole nitrogens is 2. The maximum Gasteiger partial charge on any atom is 0.323 e. The average molecular weight is 167 g/mol. The van der Waals surface area contributed by atoms with Gasteiger partial charge in [0, 0.05) is 24.5 Å². The molecule has 1 aromatic heterocycles. The maximum absolute atomic E-state index is 10.7. The molecule has 1 saturated carbocycles. The number of nitrogens with one attached hydrogen (secondary N) is 3. The van der Waals surface area contributed by atoms with E-state index in [1.807, 2.05) is 0 Å². The first-order valence-electron chi connectivity index (χ1n) is 4.34. The molecule has 1 aliphatic carbocycles. The van der Waals surface area contributed by atoms with Crippen molar-refractivity contribution in [1.29, 1.82) is 0 Å². The van der Waals surface area contributed by atoms with Gasteiger partial charge in [-0.15, -0.1) is 0 Å². The lowest BCUT2D eigenvalue weighted by Gasteiger charge is -2.26. The van der Waals surface area contributed by atoms with Crippen LogP contribution in [0.1, 0.15) is 25.0 Å². The predicted octanol–water partition coefficient (Wildman–Crippen LogP) is 0.345. The topological polar surface area (TPSA) is 60.7 Å². The van der Waals surface area contributed by atoms with Crippen LogP contribution in [0.25, 0.3) is 0 Å². The van der Waals surface area contributed by atoms with Gasteiger partial charge in [0.2, 0.25) is 0 Å². The minimum Gasteiger partial charge on any atom is -0.313 e. The molecule has 0 aliphatic heterocycles. The fourth-order valence-electron chi connectivity index (χ4n) is 1.33. The van der Waals surface area contributed by atoms with Gasteiger partial charge in [-0.25, -0.2) is 4.79 Å².